The summed E-state index contributed by atoms with van der Waals surface area (Å²) in [5.41, 5.74) is 7.72. The molecule has 2 aromatic rings. The van der Waals surface area contributed by atoms with Crippen LogP contribution >= 0.6 is 0 Å². The number of pyridine rings is 1. The van der Waals surface area contributed by atoms with Gasteiger partial charge in [-0.05, 0) is 74.9 Å². The first-order valence-electron chi connectivity index (χ1n) is 10.3. The Morgan fingerprint density at radius 2 is 1.97 bits per heavy atom. The zero-order valence-electron chi connectivity index (χ0n) is 19.4. The zero-order valence-corrected chi connectivity index (χ0v) is 19.4. The Kier molecular flexibility index (Phi) is 8.37. The van der Waals surface area contributed by atoms with Crippen molar-refractivity contribution in [3.05, 3.63) is 70.7 Å². The highest BCUT2D eigenvalue weighted by Crippen LogP contribution is 2.15. The molecule has 0 bridgehead atoms. The molecule has 2 N–H and O–H groups in total. The molecule has 1 heterocycles. The van der Waals surface area contributed by atoms with Gasteiger partial charge in [0.1, 0.15) is 7.85 Å². The number of fused-ring (bicyclic) bond motifs is 1. The number of rotatable bonds is 8. The highest BCUT2D eigenvalue weighted by molar-refractivity contribution is 6.39. The van der Waals surface area contributed by atoms with Crippen LogP contribution in [0.15, 0.2) is 64.6 Å². The SMILES string of the molecule is [B]c1c(C/C(=C/C(=C)C(=O)NC/C(C)=C(\C)N=C(C)C)NC)ccc2ncc(C)cc12. The average molecular weight is 414 g/mol. The molecular weight excluding hydrogens is 383 g/mol. The smallest absolute Gasteiger partial charge is 0.250 e. The minimum atomic E-state index is -0.219. The fourth-order valence-electron chi connectivity index (χ4n) is 3.10. The zero-order chi connectivity index (χ0) is 23.1. The van der Waals surface area contributed by atoms with E-state index in [0.717, 1.165) is 44.7 Å². The first-order valence-corrected chi connectivity index (χ1v) is 10.3. The summed E-state index contributed by atoms with van der Waals surface area (Å²) in [6.07, 6.45) is 4.14. The fraction of sp³-hybridized carbons (Fsp3) is 0.320. The predicted molar refractivity (Wildman–Crippen MR) is 132 cm³/mol. The van der Waals surface area contributed by atoms with Gasteiger partial charge in [0.2, 0.25) is 0 Å². The Hall–Kier alpha value is -3.15. The third-order valence-electron chi connectivity index (χ3n) is 5.00. The number of amides is 1. The lowest BCUT2D eigenvalue weighted by Gasteiger charge is -2.13. The predicted octanol–water partition coefficient (Wildman–Crippen LogP) is 3.43. The largest absolute Gasteiger partial charge is 0.391 e. The molecule has 0 aliphatic heterocycles. The third kappa shape index (κ3) is 6.67. The van der Waals surface area contributed by atoms with Gasteiger partial charge < -0.3 is 10.6 Å². The van der Waals surface area contributed by atoms with E-state index in [1.165, 1.54) is 0 Å². The van der Waals surface area contributed by atoms with Crippen LogP contribution in [0.1, 0.15) is 38.8 Å². The summed E-state index contributed by atoms with van der Waals surface area (Å²) in [5.74, 6) is -0.219. The Bertz CT molecular complexity index is 1090. The monoisotopic (exact) mass is 414 g/mol. The summed E-state index contributed by atoms with van der Waals surface area (Å²) in [7, 11) is 8.23. The van der Waals surface area contributed by atoms with Crippen molar-refractivity contribution < 1.29 is 4.79 Å². The van der Waals surface area contributed by atoms with Crippen molar-refractivity contribution in [1.29, 1.82) is 0 Å². The molecule has 6 heteroatoms. The number of nitrogens with one attached hydrogen (secondary N) is 2. The summed E-state index contributed by atoms with van der Waals surface area (Å²) >= 11 is 0. The van der Waals surface area contributed by atoms with Crippen molar-refractivity contribution in [3.8, 4) is 0 Å². The Labute approximate surface area is 186 Å². The maximum Gasteiger partial charge on any atom is 0.250 e. The van der Waals surface area contributed by atoms with Crippen molar-refractivity contribution in [2.45, 2.75) is 41.0 Å². The maximum absolute atomic E-state index is 12.5. The third-order valence-corrected chi connectivity index (χ3v) is 5.00. The number of nitrogens with zero attached hydrogens (tertiary/aromatic N) is 2. The van der Waals surface area contributed by atoms with Crippen LogP contribution in [0.2, 0.25) is 0 Å². The molecule has 0 saturated heterocycles. The van der Waals surface area contributed by atoms with Gasteiger partial charge in [-0.1, -0.05) is 18.1 Å². The second-order valence-corrected chi connectivity index (χ2v) is 7.95. The number of aromatic nitrogens is 1. The number of likely N-dealkylation sites (N-methyl/N-ethyl adjacent to an activating group) is 1. The van der Waals surface area contributed by atoms with E-state index in [0.29, 0.717) is 24.0 Å². The molecule has 160 valence electrons. The van der Waals surface area contributed by atoms with E-state index in [1.54, 1.807) is 6.08 Å². The van der Waals surface area contributed by atoms with Gasteiger partial charge in [-0.3, -0.25) is 14.8 Å². The number of aliphatic imine (C=N–C) groups is 1. The molecule has 1 amide bonds. The molecule has 5 nitrogen and oxygen atoms in total. The normalized spacial score (nSPS) is 12.3. The maximum atomic E-state index is 12.5. The average Bonchev–Trinajstić information content (AvgIpc) is 2.72. The van der Waals surface area contributed by atoms with Crippen LogP contribution in [0.25, 0.3) is 10.9 Å². The van der Waals surface area contributed by atoms with E-state index in [1.807, 2.05) is 66.1 Å². The van der Waals surface area contributed by atoms with Gasteiger partial charge >= 0.3 is 0 Å². The summed E-state index contributed by atoms with van der Waals surface area (Å²) in [6.45, 7) is 14.1. The second-order valence-electron chi connectivity index (χ2n) is 7.95. The van der Waals surface area contributed by atoms with Crippen LogP contribution < -0.4 is 16.1 Å². The fourth-order valence-corrected chi connectivity index (χ4v) is 3.10. The van der Waals surface area contributed by atoms with Crippen molar-refractivity contribution in [1.82, 2.24) is 15.6 Å². The van der Waals surface area contributed by atoms with E-state index in [2.05, 4.69) is 27.2 Å². The van der Waals surface area contributed by atoms with Crippen LogP contribution in [-0.4, -0.2) is 38.0 Å². The van der Waals surface area contributed by atoms with Crippen LogP contribution in [0.4, 0.5) is 0 Å². The minimum absolute atomic E-state index is 0.219. The minimum Gasteiger partial charge on any atom is -0.391 e. The number of aryl methyl sites for hydroxylation is 1. The first-order chi connectivity index (χ1) is 14.6. The van der Waals surface area contributed by atoms with Gasteiger partial charge in [0.05, 0.1) is 5.52 Å². The van der Waals surface area contributed by atoms with Gasteiger partial charge in [0.15, 0.2) is 0 Å². The van der Waals surface area contributed by atoms with E-state index in [9.17, 15) is 4.79 Å². The van der Waals surface area contributed by atoms with Crippen molar-refractivity contribution >= 4 is 35.8 Å². The van der Waals surface area contributed by atoms with Gasteiger partial charge in [-0.25, -0.2) is 0 Å². The number of hydrogen-bond acceptors (Lipinski definition) is 4. The molecule has 0 saturated carbocycles. The highest BCUT2D eigenvalue weighted by Gasteiger charge is 2.10. The molecule has 0 fully saturated rings. The van der Waals surface area contributed by atoms with Gasteiger partial charge in [0.25, 0.3) is 5.91 Å². The molecule has 0 aliphatic rings. The summed E-state index contributed by atoms with van der Waals surface area (Å²) < 4.78 is 0. The molecule has 1 aromatic carbocycles. The van der Waals surface area contributed by atoms with E-state index >= 15 is 0 Å². The summed E-state index contributed by atoms with van der Waals surface area (Å²) in [6, 6.07) is 5.98. The lowest BCUT2D eigenvalue weighted by molar-refractivity contribution is -0.117. The van der Waals surface area contributed by atoms with Gasteiger partial charge in [-0.15, -0.1) is 0 Å². The molecule has 1 aromatic heterocycles. The van der Waals surface area contributed by atoms with Crippen molar-refractivity contribution in [2.24, 2.45) is 4.99 Å². The van der Waals surface area contributed by atoms with E-state index in [-0.39, 0.29) is 5.91 Å². The Morgan fingerprint density at radius 1 is 1.26 bits per heavy atom. The molecule has 0 spiro atoms. The van der Waals surface area contributed by atoms with Gasteiger partial charge in [0, 0.05) is 48.9 Å². The highest BCUT2D eigenvalue weighted by atomic mass is 16.1. The van der Waals surface area contributed by atoms with Crippen molar-refractivity contribution in [3.63, 3.8) is 0 Å². The lowest BCUT2D eigenvalue weighted by Crippen LogP contribution is -2.26. The summed E-state index contributed by atoms with van der Waals surface area (Å²) in [4.78, 5) is 21.4. The topological polar surface area (TPSA) is 66.4 Å². The first kappa shape index (κ1) is 24.1. The van der Waals surface area contributed by atoms with Gasteiger partial charge in [-0.2, -0.15) is 0 Å². The molecule has 0 aliphatic carbocycles. The number of carbonyl (C=O) groups is 1. The quantitative estimate of drug-likeness (QED) is 0.301. The van der Waals surface area contributed by atoms with Crippen LogP contribution in [0.5, 0.6) is 0 Å². The van der Waals surface area contributed by atoms with Crippen molar-refractivity contribution in [2.75, 3.05) is 13.6 Å². The van der Waals surface area contributed by atoms with Crippen LogP contribution in [0.3, 0.4) is 0 Å². The number of carbonyl (C=O) groups excluding carboxylic acids is 1. The number of allylic oxidation sites excluding steroid dienone is 2. The van der Waals surface area contributed by atoms with E-state index in [4.69, 9.17) is 7.85 Å². The second kappa shape index (κ2) is 10.8. The molecule has 2 radical (unpaired) electrons. The lowest BCUT2D eigenvalue weighted by atomic mass is 9.84. The van der Waals surface area contributed by atoms with Crippen LogP contribution in [0, 0.1) is 6.92 Å². The summed E-state index contributed by atoms with van der Waals surface area (Å²) in [5, 5.41) is 6.99. The number of hydrogen-bond donors (Lipinski definition) is 2. The standard InChI is InChI=1S/C25H31BN4O/c1-15(2)30-19(6)18(5)14-29-25(31)17(4)11-21(27-7)12-20-8-9-23-22(24(20)26)10-16(3)13-28-23/h8-11,13,27H,4,12,14H2,1-3,5-7H3,(H,29,31)/b19-18+,21-11-. The van der Waals surface area contributed by atoms with Crippen LogP contribution in [-0.2, 0) is 11.2 Å². The Balaban J connectivity index is 2.13. The molecule has 31 heavy (non-hydrogen) atoms. The molecular formula is C25H31BN4O. The molecule has 0 atom stereocenters. The molecule has 0 unspecified atom stereocenters. The molecule has 2 rings (SSSR count). The Morgan fingerprint density at radius 3 is 2.61 bits per heavy atom. The number of benzene rings is 1. The van der Waals surface area contributed by atoms with E-state index < -0.39 is 0 Å².